The molecule has 1 fully saturated rings. The molecule has 0 spiro atoms. The molecule has 21 heavy (non-hydrogen) atoms. The molecule has 1 aliphatic heterocycles. The van der Waals surface area contributed by atoms with Crippen LogP contribution < -0.4 is 5.73 Å². The van der Waals surface area contributed by atoms with Crippen molar-refractivity contribution < 1.29 is 4.74 Å². The van der Waals surface area contributed by atoms with Gasteiger partial charge in [-0.3, -0.25) is 4.90 Å². The topological polar surface area (TPSA) is 43.4 Å². The summed E-state index contributed by atoms with van der Waals surface area (Å²) in [5, 5.41) is 1.26. The van der Waals surface area contributed by atoms with Gasteiger partial charge >= 0.3 is 0 Å². The van der Waals surface area contributed by atoms with Gasteiger partial charge in [0.1, 0.15) is 0 Å². The van der Waals surface area contributed by atoms with Gasteiger partial charge < -0.3 is 15.0 Å². The van der Waals surface area contributed by atoms with E-state index in [2.05, 4.69) is 53.8 Å². The molecule has 2 N–H and O–H groups in total. The van der Waals surface area contributed by atoms with Crippen molar-refractivity contribution in [3.8, 4) is 0 Å². The van der Waals surface area contributed by atoms with E-state index < -0.39 is 0 Å². The maximum Gasteiger partial charge on any atom is 0.0881 e. The van der Waals surface area contributed by atoms with Crippen molar-refractivity contribution >= 4 is 10.9 Å². The first-order valence-electron chi connectivity index (χ1n) is 7.81. The fraction of sp³-hybridized carbons (Fsp3) is 0.529. The highest BCUT2D eigenvalue weighted by Gasteiger charge is 2.23. The molecule has 0 saturated carbocycles. The van der Waals surface area contributed by atoms with Crippen LogP contribution in [0.4, 0.5) is 0 Å². The van der Waals surface area contributed by atoms with E-state index in [-0.39, 0.29) is 6.10 Å². The second-order valence-electron chi connectivity index (χ2n) is 6.11. The number of rotatable bonds is 4. The fourth-order valence-corrected chi connectivity index (χ4v) is 3.18. The van der Waals surface area contributed by atoms with E-state index in [1.807, 2.05) is 0 Å². The zero-order chi connectivity index (χ0) is 14.8. The second kappa shape index (κ2) is 6.18. The predicted molar refractivity (Wildman–Crippen MR) is 86.3 cm³/mol. The van der Waals surface area contributed by atoms with E-state index in [1.54, 1.807) is 0 Å². The summed E-state index contributed by atoms with van der Waals surface area (Å²) >= 11 is 0. The average molecular weight is 287 g/mol. The van der Waals surface area contributed by atoms with Crippen LogP contribution in [0.5, 0.6) is 0 Å². The lowest BCUT2D eigenvalue weighted by atomic mass is 10.2. The third-order valence-electron chi connectivity index (χ3n) is 4.39. The molecule has 1 aliphatic rings. The Kier molecular flexibility index (Phi) is 4.29. The maximum absolute atomic E-state index is 5.96. The quantitative estimate of drug-likeness (QED) is 0.937. The van der Waals surface area contributed by atoms with Crippen molar-refractivity contribution in [3.05, 3.63) is 36.0 Å². The van der Waals surface area contributed by atoms with Gasteiger partial charge in [-0.05, 0) is 25.5 Å². The SMILES string of the molecule is CC(C)N1CCOC(Cn2cc(CN)c3ccccc32)C1. The number of nitrogens with two attached hydrogens (primary N) is 1. The second-order valence-corrected chi connectivity index (χ2v) is 6.11. The molecule has 1 unspecified atom stereocenters. The molecule has 2 aromatic rings. The molecule has 0 amide bonds. The van der Waals surface area contributed by atoms with Crippen molar-refractivity contribution in [2.75, 3.05) is 19.7 Å². The molecule has 0 aliphatic carbocycles. The molecule has 2 heterocycles. The molecule has 1 saturated heterocycles. The Balaban J connectivity index is 1.81. The predicted octanol–water partition coefficient (Wildman–Crippen LogP) is 2.21. The highest BCUT2D eigenvalue weighted by atomic mass is 16.5. The van der Waals surface area contributed by atoms with Crippen LogP contribution in [0.3, 0.4) is 0 Å². The summed E-state index contributed by atoms with van der Waals surface area (Å²) in [6.45, 7) is 8.84. The number of benzene rings is 1. The lowest BCUT2D eigenvalue weighted by Crippen LogP contribution is -2.47. The van der Waals surface area contributed by atoms with Gasteiger partial charge in [0.25, 0.3) is 0 Å². The van der Waals surface area contributed by atoms with Gasteiger partial charge in [0, 0.05) is 42.8 Å². The minimum atomic E-state index is 0.252. The number of morpholine rings is 1. The van der Waals surface area contributed by atoms with E-state index >= 15 is 0 Å². The monoisotopic (exact) mass is 287 g/mol. The molecule has 4 nitrogen and oxygen atoms in total. The van der Waals surface area contributed by atoms with Crippen LogP contribution >= 0.6 is 0 Å². The Morgan fingerprint density at radius 1 is 1.33 bits per heavy atom. The highest BCUT2D eigenvalue weighted by Crippen LogP contribution is 2.22. The first-order chi connectivity index (χ1) is 10.2. The Bertz CT molecular complexity index is 605. The molecular weight excluding hydrogens is 262 g/mol. The van der Waals surface area contributed by atoms with E-state index in [9.17, 15) is 0 Å². The van der Waals surface area contributed by atoms with E-state index in [4.69, 9.17) is 10.5 Å². The first kappa shape index (κ1) is 14.6. The number of aromatic nitrogens is 1. The third-order valence-corrected chi connectivity index (χ3v) is 4.39. The smallest absolute Gasteiger partial charge is 0.0881 e. The van der Waals surface area contributed by atoms with Crippen LogP contribution in [0.2, 0.25) is 0 Å². The lowest BCUT2D eigenvalue weighted by Gasteiger charge is -2.35. The van der Waals surface area contributed by atoms with Crippen LogP contribution in [-0.4, -0.2) is 41.3 Å². The fourth-order valence-electron chi connectivity index (χ4n) is 3.18. The standard InChI is InChI=1S/C17H25N3O/c1-13(2)19-7-8-21-15(11-19)12-20-10-14(9-18)16-5-3-4-6-17(16)20/h3-6,10,13,15H,7-9,11-12,18H2,1-2H3. The van der Waals surface area contributed by atoms with Crippen molar-refractivity contribution in [2.45, 2.75) is 39.1 Å². The third kappa shape index (κ3) is 2.98. The Morgan fingerprint density at radius 3 is 2.90 bits per heavy atom. The Labute approximate surface area is 126 Å². The number of para-hydroxylation sites is 1. The van der Waals surface area contributed by atoms with Gasteiger partial charge in [0.2, 0.25) is 0 Å². The van der Waals surface area contributed by atoms with Crippen LogP contribution in [0.25, 0.3) is 10.9 Å². The highest BCUT2D eigenvalue weighted by molar-refractivity contribution is 5.83. The first-order valence-corrected chi connectivity index (χ1v) is 7.81. The molecule has 4 heteroatoms. The van der Waals surface area contributed by atoms with E-state index in [0.717, 1.165) is 26.2 Å². The number of ether oxygens (including phenoxy) is 1. The van der Waals surface area contributed by atoms with Gasteiger partial charge in [0.15, 0.2) is 0 Å². The van der Waals surface area contributed by atoms with Crippen LogP contribution in [-0.2, 0) is 17.8 Å². The molecule has 1 aromatic heterocycles. The molecule has 0 bridgehead atoms. The number of nitrogens with zero attached hydrogens (tertiary/aromatic N) is 2. The van der Waals surface area contributed by atoms with Crippen molar-refractivity contribution in [1.29, 1.82) is 0 Å². The average Bonchev–Trinajstić information content (AvgIpc) is 2.86. The van der Waals surface area contributed by atoms with E-state index in [0.29, 0.717) is 12.6 Å². The minimum absolute atomic E-state index is 0.252. The summed E-state index contributed by atoms with van der Waals surface area (Å²) in [5.74, 6) is 0. The summed E-state index contributed by atoms with van der Waals surface area (Å²) in [4.78, 5) is 2.49. The molecule has 3 rings (SSSR count). The largest absolute Gasteiger partial charge is 0.374 e. The van der Waals surface area contributed by atoms with E-state index in [1.165, 1.54) is 16.5 Å². The molecule has 1 aromatic carbocycles. The maximum atomic E-state index is 5.96. The van der Waals surface area contributed by atoms with Gasteiger partial charge in [-0.15, -0.1) is 0 Å². The molecular formula is C17H25N3O. The summed E-state index contributed by atoms with van der Waals surface area (Å²) in [5.41, 5.74) is 8.33. The number of hydrogen-bond donors (Lipinski definition) is 1. The van der Waals surface area contributed by atoms with Gasteiger partial charge in [0.05, 0.1) is 19.3 Å². The normalized spacial score (nSPS) is 20.5. The van der Waals surface area contributed by atoms with Gasteiger partial charge in [-0.2, -0.15) is 0 Å². The van der Waals surface area contributed by atoms with Crippen molar-refractivity contribution in [1.82, 2.24) is 9.47 Å². The minimum Gasteiger partial charge on any atom is -0.374 e. The van der Waals surface area contributed by atoms with Gasteiger partial charge in [-0.25, -0.2) is 0 Å². The summed E-state index contributed by atoms with van der Waals surface area (Å²) < 4.78 is 8.26. The zero-order valence-corrected chi connectivity index (χ0v) is 13.0. The van der Waals surface area contributed by atoms with Crippen molar-refractivity contribution in [3.63, 3.8) is 0 Å². The zero-order valence-electron chi connectivity index (χ0n) is 13.0. The molecule has 1 atom stereocenters. The number of hydrogen-bond acceptors (Lipinski definition) is 3. The molecule has 0 radical (unpaired) electrons. The Morgan fingerprint density at radius 2 is 2.14 bits per heavy atom. The van der Waals surface area contributed by atoms with Crippen LogP contribution in [0.15, 0.2) is 30.5 Å². The van der Waals surface area contributed by atoms with Crippen molar-refractivity contribution in [2.24, 2.45) is 5.73 Å². The lowest BCUT2D eigenvalue weighted by molar-refractivity contribution is -0.0451. The van der Waals surface area contributed by atoms with Crippen LogP contribution in [0, 0.1) is 0 Å². The van der Waals surface area contributed by atoms with Crippen LogP contribution in [0.1, 0.15) is 19.4 Å². The Hall–Kier alpha value is -1.36. The summed E-state index contributed by atoms with van der Waals surface area (Å²) in [6, 6.07) is 9.05. The summed E-state index contributed by atoms with van der Waals surface area (Å²) in [6.07, 6.45) is 2.44. The molecule has 114 valence electrons. The van der Waals surface area contributed by atoms with Gasteiger partial charge in [-0.1, -0.05) is 18.2 Å². The summed E-state index contributed by atoms with van der Waals surface area (Å²) in [7, 11) is 0. The number of fused-ring (bicyclic) bond motifs is 1.